The van der Waals surface area contributed by atoms with Gasteiger partial charge < -0.3 is 16.0 Å². The van der Waals surface area contributed by atoms with E-state index in [4.69, 9.17) is 5.73 Å². The molecule has 5 nitrogen and oxygen atoms in total. The molecule has 1 heterocycles. The fraction of sp³-hybridized carbons (Fsp3) is 0.478. The zero-order chi connectivity index (χ0) is 20.3. The van der Waals surface area contributed by atoms with Gasteiger partial charge in [-0.25, -0.2) is 0 Å². The van der Waals surface area contributed by atoms with E-state index in [0.717, 1.165) is 29.2 Å². The summed E-state index contributed by atoms with van der Waals surface area (Å²) in [4.78, 5) is 27.3. The number of amides is 2. The van der Waals surface area contributed by atoms with Gasteiger partial charge in [-0.05, 0) is 42.0 Å². The number of hydrogen-bond donors (Lipinski definition) is 2. The first-order valence-corrected chi connectivity index (χ1v) is 10.2. The molecule has 1 aliphatic heterocycles. The van der Waals surface area contributed by atoms with E-state index in [0.29, 0.717) is 18.9 Å². The molecule has 150 valence electrons. The lowest BCUT2D eigenvalue weighted by atomic mass is 9.98. The summed E-state index contributed by atoms with van der Waals surface area (Å²) in [6, 6.07) is 13.6. The molecule has 2 amide bonds. The molecule has 3 atom stereocenters. The molecule has 1 aliphatic rings. The molecule has 3 rings (SSSR count). The SMILES string of the molecule is CC(C)C[C@@H]1N[C@@H](C)CCN([C@@H](Cc2ccc3ccccc3c2)C(N)=O)C1=O. The molecule has 1 saturated heterocycles. The molecule has 3 N–H and O–H groups in total. The fourth-order valence-corrected chi connectivity index (χ4v) is 4.04. The van der Waals surface area contributed by atoms with Gasteiger partial charge in [0.05, 0.1) is 6.04 Å². The number of fused-ring (bicyclic) bond motifs is 1. The zero-order valence-electron chi connectivity index (χ0n) is 17.0. The number of carbonyl (C=O) groups excluding carboxylic acids is 2. The summed E-state index contributed by atoms with van der Waals surface area (Å²) in [6.45, 7) is 6.85. The molecule has 0 radical (unpaired) electrons. The summed E-state index contributed by atoms with van der Waals surface area (Å²) in [5, 5.41) is 5.71. The first-order chi connectivity index (χ1) is 13.3. The van der Waals surface area contributed by atoms with Gasteiger partial charge in [-0.2, -0.15) is 0 Å². The normalized spacial score (nSPS) is 21.7. The fourth-order valence-electron chi connectivity index (χ4n) is 4.04. The minimum absolute atomic E-state index is 0.0114. The van der Waals surface area contributed by atoms with E-state index in [1.807, 2.05) is 18.2 Å². The van der Waals surface area contributed by atoms with Crippen LogP contribution in [0.2, 0.25) is 0 Å². The minimum atomic E-state index is -0.629. The van der Waals surface area contributed by atoms with Crippen molar-refractivity contribution in [2.75, 3.05) is 6.54 Å². The Bertz CT molecular complexity index is 849. The molecule has 2 aromatic rings. The Hall–Kier alpha value is -2.40. The number of nitrogens with one attached hydrogen (secondary N) is 1. The van der Waals surface area contributed by atoms with E-state index in [9.17, 15) is 9.59 Å². The van der Waals surface area contributed by atoms with Crippen molar-refractivity contribution in [3.63, 3.8) is 0 Å². The third-order valence-corrected chi connectivity index (χ3v) is 5.52. The summed E-state index contributed by atoms with van der Waals surface area (Å²) in [7, 11) is 0. The summed E-state index contributed by atoms with van der Waals surface area (Å²) < 4.78 is 0. The van der Waals surface area contributed by atoms with Crippen LogP contribution in [0.15, 0.2) is 42.5 Å². The molecule has 5 heteroatoms. The van der Waals surface area contributed by atoms with Crippen LogP contribution in [0.1, 0.15) is 39.2 Å². The minimum Gasteiger partial charge on any atom is -0.368 e. The van der Waals surface area contributed by atoms with Gasteiger partial charge >= 0.3 is 0 Å². The summed E-state index contributed by atoms with van der Waals surface area (Å²) in [6.07, 6.45) is 2.00. The van der Waals surface area contributed by atoms with E-state index < -0.39 is 11.9 Å². The third-order valence-electron chi connectivity index (χ3n) is 5.52. The van der Waals surface area contributed by atoms with Crippen LogP contribution in [0.4, 0.5) is 0 Å². The maximum absolute atomic E-state index is 13.2. The highest BCUT2D eigenvalue weighted by Crippen LogP contribution is 2.21. The molecule has 2 aromatic carbocycles. The molecule has 0 spiro atoms. The van der Waals surface area contributed by atoms with E-state index in [2.05, 4.69) is 50.4 Å². The van der Waals surface area contributed by atoms with Gasteiger partial charge in [0, 0.05) is 19.0 Å². The summed E-state index contributed by atoms with van der Waals surface area (Å²) >= 11 is 0. The molecule has 0 bridgehead atoms. The summed E-state index contributed by atoms with van der Waals surface area (Å²) in [5.41, 5.74) is 6.78. The van der Waals surface area contributed by atoms with Crippen LogP contribution in [0, 0.1) is 5.92 Å². The maximum Gasteiger partial charge on any atom is 0.240 e. The highest BCUT2D eigenvalue weighted by molar-refractivity contribution is 5.90. The second-order valence-electron chi connectivity index (χ2n) is 8.37. The Morgan fingerprint density at radius 3 is 2.61 bits per heavy atom. The lowest BCUT2D eigenvalue weighted by Gasteiger charge is -2.31. The Balaban J connectivity index is 1.86. The van der Waals surface area contributed by atoms with Crippen molar-refractivity contribution in [1.29, 1.82) is 0 Å². The number of nitrogens with zero attached hydrogens (tertiary/aromatic N) is 1. The number of primary amides is 1. The first-order valence-electron chi connectivity index (χ1n) is 10.2. The third kappa shape index (κ3) is 4.71. The largest absolute Gasteiger partial charge is 0.368 e. The predicted molar refractivity (Wildman–Crippen MR) is 113 cm³/mol. The highest BCUT2D eigenvalue weighted by atomic mass is 16.2. The van der Waals surface area contributed by atoms with Crippen molar-refractivity contribution in [2.24, 2.45) is 11.7 Å². The highest BCUT2D eigenvalue weighted by Gasteiger charge is 2.35. The van der Waals surface area contributed by atoms with Crippen molar-refractivity contribution in [1.82, 2.24) is 10.2 Å². The predicted octanol–water partition coefficient (Wildman–Crippen LogP) is 2.86. The Morgan fingerprint density at radius 2 is 1.93 bits per heavy atom. The van der Waals surface area contributed by atoms with Gasteiger partial charge in [0.1, 0.15) is 6.04 Å². The molecule has 0 aromatic heterocycles. The summed E-state index contributed by atoms with van der Waals surface area (Å²) in [5.74, 6) is -0.0666. The lowest BCUT2D eigenvalue weighted by molar-refractivity contribution is -0.140. The smallest absolute Gasteiger partial charge is 0.240 e. The molecule has 0 aliphatic carbocycles. The standard InChI is InChI=1S/C23H31N3O2/c1-15(2)12-20-23(28)26(11-10-16(3)25-20)21(22(24)27)14-17-8-9-18-6-4-5-7-19(18)13-17/h4-9,13,15-16,20-21,25H,10-12,14H2,1-3H3,(H2,24,27)/t16-,20-,21-/m0/s1. The van der Waals surface area contributed by atoms with Crippen LogP contribution in [0.3, 0.4) is 0 Å². The monoisotopic (exact) mass is 381 g/mol. The van der Waals surface area contributed by atoms with E-state index in [1.54, 1.807) is 4.90 Å². The van der Waals surface area contributed by atoms with Crippen molar-refractivity contribution in [2.45, 2.75) is 58.2 Å². The van der Waals surface area contributed by atoms with Crippen molar-refractivity contribution < 1.29 is 9.59 Å². The van der Waals surface area contributed by atoms with Crippen LogP contribution in [-0.4, -0.2) is 41.4 Å². The van der Waals surface area contributed by atoms with Crippen LogP contribution < -0.4 is 11.1 Å². The van der Waals surface area contributed by atoms with E-state index in [-0.39, 0.29) is 18.0 Å². The number of rotatable bonds is 6. The molecule has 0 saturated carbocycles. The van der Waals surface area contributed by atoms with Gasteiger partial charge in [0.25, 0.3) is 0 Å². The lowest BCUT2D eigenvalue weighted by Crippen LogP contribution is -2.53. The number of nitrogens with two attached hydrogens (primary N) is 1. The van der Waals surface area contributed by atoms with Crippen molar-refractivity contribution in [3.05, 3.63) is 48.0 Å². The zero-order valence-corrected chi connectivity index (χ0v) is 17.0. The van der Waals surface area contributed by atoms with Crippen LogP contribution in [0.25, 0.3) is 10.8 Å². The average molecular weight is 382 g/mol. The number of carbonyl (C=O) groups is 2. The number of hydrogen-bond acceptors (Lipinski definition) is 3. The van der Waals surface area contributed by atoms with Crippen LogP contribution in [-0.2, 0) is 16.0 Å². The van der Waals surface area contributed by atoms with Crippen molar-refractivity contribution in [3.8, 4) is 0 Å². The Kier molecular flexibility index (Phi) is 6.35. The Labute approximate surface area is 167 Å². The van der Waals surface area contributed by atoms with E-state index >= 15 is 0 Å². The van der Waals surface area contributed by atoms with Gasteiger partial charge in [-0.15, -0.1) is 0 Å². The molecule has 1 fully saturated rings. The molecular weight excluding hydrogens is 350 g/mol. The van der Waals surface area contributed by atoms with Crippen LogP contribution in [0.5, 0.6) is 0 Å². The maximum atomic E-state index is 13.2. The average Bonchev–Trinajstić information content (AvgIpc) is 2.78. The van der Waals surface area contributed by atoms with Gasteiger partial charge in [0.15, 0.2) is 0 Å². The second-order valence-corrected chi connectivity index (χ2v) is 8.37. The Morgan fingerprint density at radius 1 is 1.21 bits per heavy atom. The topological polar surface area (TPSA) is 75.4 Å². The number of benzene rings is 2. The second kappa shape index (κ2) is 8.74. The van der Waals surface area contributed by atoms with Crippen molar-refractivity contribution >= 4 is 22.6 Å². The molecule has 28 heavy (non-hydrogen) atoms. The van der Waals surface area contributed by atoms with Gasteiger partial charge in [0.2, 0.25) is 11.8 Å². The molecule has 0 unspecified atom stereocenters. The van der Waals surface area contributed by atoms with E-state index in [1.165, 1.54) is 0 Å². The van der Waals surface area contributed by atoms with Crippen LogP contribution >= 0.6 is 0 Å². The van der Waals surface area contributed by atoms with Gasteiger partial charge in [-0.1, -0.05) is 56.3 Å². The quantitative estimate of drug-likeness (QED) is 0.808. The van der Waals surface area contributed by atoms with Gasteiger partial charge in [-0.3, -0.25) is 9.59 Å². The molecular formula is C23H31N3O2. The first kappa shape index (κ1) is 20.3.